The van der Waals surface area contributed by atoms with Crippen molar-refractivity contribution in [2.75, 3.05) is 20.1 Å². The molecule has 2 aromatic heterocycles. The molecular formula is C11H16N6O. The Hall–Kier alpha value is -1.60. The highest BCUT2D eigenvalue weighted by molar-refractivity contribution is 5.70. The van der Waals surface area contributed by atoms with Crippen molar-refractivity contribution in [3.63, 3.8) is 0 Å². The minimum Gasteiger partial charge on any atom is -0.332 e. The molecule has 2 N–H and O–H groups in total. The van der Waals surface area contributed by atoms with Crippen molar-refractivity contribution in [2.45, 2.75) is 25.3 Å². The van der Waals surface area contributed by atoms with Crippen LogP contribution in [0.4, 0.5) is 0 Å². The summed E-state index contributed by atoms with van der Waals surface area (Å²) in [6, 6.07) is 0.163. The first-order valence-electron chi connectivity index (χ1n) is 6.04. The van der Waals surface area contributed by atoms with Crippen molar-refractivity contribution in [1.29, 1.82) is 0 Å². The minimum atomic E-state index is 0.163. The number of likely N-dealkylation sites (tertiary alicyclic amines) is 1. The lowest BCUT2D eigenvalue weighted by molar-refractivity contribution is 0.222. The van der Waals surface area contributed by atoms with Gasteiger partial charge in [0.2, 0.25) is 0 Å². The van der Waals surface area contributed by atoms with Gasteiger partial charge in [0.05, 0.1) is 0 Å². The molecule has 18 heavy (non-hydrogen) atoms. The van der Waals surface area contributed by atoms with E-state index in [1.807, 2.05) is 6.92 Å². The number of hydrogen-bond acceptors (Lipinski definition) is 7. The van der Waals surface area contributed by atoms with Gasteiger partial charge >= 0.3 is 0 Å². The number of rotatable bonds is 1. The summed E-state index contributed by atoms with van der Waals surface area (Å²) in [6.07, 6.45) is 0.898. The first kappa shape index (κ1) is 11.5. The number of aromatic nitrogens is 4. The normalized spacial score (nSPS) is 25.7. The Morgan fingerprint density at radius 1 is 1.33 bits per heavy atom. The molecule has 1 aliphatic heterocycles. The number of aryl methyl sites for hydroxylation is 1. The smallest absolute Gasteiger partial charge is 0.295 e. The van der Waals surface area contributed by atoms with Gasteiger partial charge in [-0.1, -0.05) is 5.16 Å². The van der Waals surface area contributed by atoms with E-state index in [1.54, 1.807) is 0 Å². The van der Waals surface area contributed by atoms with Gasteiger partial charge < -0.3 is 15.2 Å². The molecule has 0 aromatic carbocycles. The van der Waals surface area contributed by atoms with Crippen LogP contribution in [0.5, 0.6) is 0 Å². The van der Waals surface area contributed by atoms with Crippen LogP contribution in [0.15, 0.2) is 4.52 Å². The molecule has 0 radical (unpaired) electrons. The lowest BCUT2D eigenvalue weighted by atomic mass is 9.92. The van der Waals surface area contributed by atoms with Crippen molar-refractivity contribution in [1.82, 2.24) is 25.2 Å². The van der Waals surface area contributed by atoms with E-state index in [1.165, 1.54) is 0 Å². The Morgan fingerprint density at radius 2 is 2.17 bits per heavy atom. The zero-order valence-corrected chi connectivity index (χ0v) is 10.5. The average molecular weight is 248 g/mol. The van der Waals surface area contributed by atoms with Gasteiger partial charge in [0.1, 0.15) is 11.5 Å². The van der Waals surface area contributed by atoms with Crippen molar-refractivity contribution < 1.29 is 4.52 Å². The summed E-state index contributed by atoms with van der Waals surface area (Å²) in [4.78, 5) is 6.58. The molecule has 7 nitrogen and oxygen atoms in total. The van der Waals surface area contributed by atoms with Gasteiger partial charge in [-0.2, -0.15) is 0 Å². The standard InChI is InChI=1S/C11H16N6O/c1-6-13-10-9(16-18-11(10)15-14-6)7-3-8(12)5-17(2)4-7/h7-8H,3-5,12H2,1-2H3. The van der Waals surface area contributed by atoms with Crippen LogP contribution in [-0.2, 0) is 0 Å². The topological polar surface area (TPSA) is 94.0 Å². The fourth-order valence-corrected chi connectivity index (χ4v) is 2.59. The first-order chi connectivity index (χ1) is 8.63. The zero-order valence-electron chi connectivity index (χ0n) is 10.5. The van der Waals surface area contributed by atoms with Crippen LogP contribution < -0.4 is 5.73 Å². The van der Waals surface area contributed by atoms with Crippen molar-refractivity contribution in [3.05, 3.63) is 11.5 Å². The summed E-state index contributed by atoms with van der Waals surface area (Å²) in [7, 11) is 2.06. The van der Waals surface area contributed by atoms with Crippen LogP contribution in [0.3, 0.4) is 0 Å². The molecule has 2 atom stereocenters. The maximum Gasteiger partial charge on any atom is 0.295 e. The van der Waals surface area contributed by atoms with E-state index in [0.29, 0.717) is 11.5 Å². The second-order valence-corrected chi connectivity index (χ2v) is 4.99. The van der Waals surface area contributed by atoms with Crippen molar-refractivity contribution >= 4 is 11.2 Å². The summed E-state index contributed by atoms with van der Waals surface area (Å²) in [6.45, 7) is 3.64. The predicted molar refractivity (Wildman–Crippen MR) is 65.0 cm³/mol. The third-order valence-corrected chi connectivity index (χ3v) is 3.29. The molecule has 0 saturated carbocycles. The van der Waals surface area contributed by atoms with Gasteiger partial charge in [0.25, 0.3) is 5.71 Å². The number of hydrogen-bond donors (Lipinski definition) is 1. The molecule has 0 spiro atoms. The Morgan fingerprint density at radius 3 is 2.94 bits per heavy atom. The van der Waals surface area contributed by atoms with Crippen LogP contribution in [0, 0.1) is 6.92 Å². The molecule has 7 heteroatoms. The molecule has 96 valence electrons. The molecule has 0 aliphatic carbocycles. The molecule has 0 amide bonds. The molecule has 1 aliphatic rings. The van der Waals surface area contributed by atoms with Gasteiger partial charge in [-0.3, -0.25) is 0 Å². The van der Waals surface area contributed by atoms with E-state index in [0.717, 1.165) is 30.7 Å². The van der Waals surface area contributed by atoms with Gasteiger partial charge in [0.15, 0.2) is 5.52 Å². The van der Waals surface area contributed by atoms with Gasteiger partial charge in [0, 0.05) is 25.0 Å². The molecule has 3 heterocycles. The van der Waals surface area contributed by atoms with Crippen LogP contribution in [0.1, 0.15) is 23.9 Å². The molecule has 2 aromatic rings. The number of nitrogens with zero attached hydrogens (tertiary/aromatic N) is 5. The lowest BCUT2D eigenvalue weighted by Crippen LogP contribution is -2.44. The summed E-state index contributed by atoms with van der Waals surface area (Å²) in [5, 5.41) is 11.9. The first-order valence-corrected chi connectivity index (χ1v) is 6.04. The van der Waals surface area contributed by atoms with Crippen LogP contribution in [0.2, 0.25) is 0 Å². The predicted octanol–water partition coefficient (Wildman–Crippen LogP) is 0.0676. The Kier molecular flexibility index (Phi) is 2.71. The van der Waals surface area contributed by atoms with Crippen LogP contribution in [-0.4, -0.2) is 51.4 Å². The second-order valence-electron chi connectivity index (χ2n) is 4.99. The summed E-state index contributed by atoms with van der Waals surface area (Å²) in [5.41, 5.74) is 8.02. The Bertz CT molecular complexity index is 558. The monoisotopic (exact) mass is 248 g/mol. The summed E-state index contributed by atoms with van der Waals surface area (Å²) in [5.74, 6) is 0.872. The second kappa shape index (κ2) is 4.25. The van der Waals surface area contributed by atoms with Crippen molar-refractivity contribution in [2.24, 2.45) is 5.73 Å². The third-order valence-electron chi connectivity index (χ3n) is 3.29. The fraction of sp³-hybridized carbons (Fsp3) is 0.636. The van der Waals surface area contributed by atoms with Crippen LogP contribution >= 0.6 is 0 Å². The van der Waals surface area contributed by atoms with E-state index in [4.69, 9.17) is 10.3 Å². The zero-order chi connectivity index (χ0) is 12.7. The quantitative estimate of drug-likeness (QED) is 0.763. The molecule has 1 saturated heterocycles. The SMILES string of the molecule is Cc1nnc2onc(C3CC(N)CN(C)C3)c2n1. The molecule has 1 fully saturated rings. The van der Waals surface area contributed by atoms with Crippen LogP contribution in [0.25, 0.3) is 11.2 Å². The van der Waals surface area contributed by atoms with E-state index in [2.05, 4.69) is 32.3 Å². The molecular weight excluding hydrogens is 232 g/mol. The van der Waals surface area contributed by atoms with E-state index >= 15 is 0 Å². The van der Waals surface area contributed by atoms with Gasteiger partial charge in [-0.25, -0.2) is 4.98 Å². The highest BCUT2D eigenvalue weighted by atomic mass is 16.5. The molecule has 0 bridgehead atoms. The van der Waals surface area contributed by atoms with E-state index in [9.17, 15) is 0 Å². The molecule has 2 unspecified atom stereocenters. The fourth-order valence-electron chi connectivity index (χ4n) is 2.59. The largest absolute Gasteiger partial charge is 0.332 e. The average Bonchev–Trinajstić information content (AvgIpc) is 2.70. The minimum absolute atomic E-state index is 0.163. The number of likely N-dealkylation sites (N-methyl/N-ethyl adjacent to an activating group) is 1. The van der Waals surface area contributed by atoms with Gasteiger partial charge in [-0.05, 0) is 20.4 Å². The number of fused-ring (bicyclic) bond motifs is 1. The van der Waals surface area contributed by atoms with E-state index < -0.39 is 0 Å². The number of piperidine rings is 1. The number of nitrogens with two attached hydrogens (primary N) is 1. The third kappa shape index (κ3) is 1.95. The van der Waals surface area contributed by atoms with Crippen molar-refractivity contribution in [3.8, 4) is 0 Å². The lowest BCUT2D eigenvalue weighted by Gasteiger charge is -2.32. The Labute approximate surface area is 104 Å². The summed E-state index contributed by atoms with van der Waals surface area (Å²) < 4.78 is 5.18. The maximum absolute atomic E-state index is 6.05. The highest BCUT2D eigenvalue weighted by Gasteiger charge is 2.29. The van der Waals surface area contributed by atoms with Gasteiger partial charge in [-0.15, -0.1) is 10.2 Å². The Balaban J connectivity index is 2.00. The highest BCUT2D eigenvalue weighted by Crippen LogP contribution is 2.28. The summed E-state index contributed by atoms with van der Waals surface area (Å²) >= 11 is 0. The molecule has 3 rings (SSSR count). The van der Waals surface area contributed by atoms with E-state index in [-0.39, 0.29) is 12.0 Å². The maximum atomic E-state index is 6.05.